The van der Waals surface area contributed by atoms with Gasteiger partial charge >= 0.3 is 0 Å². The van der Waals surface area contributed by atoms with E-state index < -0.39 is 0 Å². The Kier molecular flexibility index (Phi) is 3.98. The first-order valence-electron chi connectivity index (χ1n) is 4.73. The van der Waals surface area contributed by atoms with Crippen molar-refractivity contribution < 1.29 is 4.74 Å². The zero-order valence-corrected chi connectivity index (χ0v) is 8.12. The molecule has 0 radical (unpaired) electrons. The van der Waals surface area contributed by atoms with E-state index in [-0.39, 0.29) is 6.04 Å². The third kappa shape index (κ3) is 3.09. The maximum absolute atomic E-state index is 5.73. The Morgan fingerprint density at radius 2 is 2.42 bits per heavy atom. The van der Waals surface area contributed by atoms with Gasteiger partial charge in [0, 0.05) is 26.2 Å². The summed E-state index contributed by atoms with van der Waals surface area (Å²) < 4.78 is 5.32. The van der Waals surface area contributed by atoms with Crippen molar-refractivity contribution in [3.8, 4) is 0 Å². The fourth-order valence-corrected chi connectivity index (χ4v) is 1.78. The molecule has 3 nitrogen and oxygen atoms in total. The highest BCUT2D eigenvalue weighted by Crippen LogP contribution is 2.11. The minimum atomic E-state index is 0.278. The molecule has 0 saturated carbocycles. The monoisotopic (exact) mass is 172 g/mol. The predicted octanol–water partition coefficient (Wildman–Crippen LogP) is 0.444. The van der Waals surface area contributed by atoms with Crippen LogP contribution in [0.15, 0.2) is 0 Å². The van der Waals surface area contributed by atoms with Crippen LogP contribution in [0.4, 0.5) is 0 Å². The molecule has 0 aromatic carbocycles. The average Bonchev–Trinajstić information content (AvgIpc) is 2.03. The van der Waals surface area contributed by atoms with Crippen LogP contribution in [-0.4, -0.2) is 43.8 Å². The summed E-state index contributed by atoms with van der Waals surface area (Å²) in [7, 11) is 1.79. The Balaban J connectivity index is 2.25. The van der Waals surface area contributed by atoms with Gasteiger partial charge in [-0.2, -0.15) is 0 Å². The highest BCUT2D eigenvalue weighted by Gasteiger charge is 2.19. The lowest BCUT2D eigenvalue weighted by Gasteiger charge is -2.32. The molecule has 2 N–H and O–H groups in total. The smallest absolute Gasteiger partial charge is 0.0698 e. The molecule has 12 heavy (non-hydrogen) atoms. The lowest BCUT2D eigenvalue weighted by Crippen LogP contribution is -2.44. The van der Waals surface area contributed by atoms with Gasteiger partial charge in [0.25, 0.3) is 0 Å². The first-order valence-corrected chi connectivity index (χ1v) is 4.73. The van der Waals surface area contributed by atoms with Crippen LogP contribution in [0.5, 0.6) is 0 Å². The van der Waals surface area contributed by atoms with E-state index in [9.17, 15) is 0 Å². The molecule has 0 spiro atoms. The number of methoxy groups -OCH3 is 1. The zero-order valence-electron chi connectivity index (χ0n) is 8.12. The van der Waals surface area contributed by atoms with Gasteiger partial charge in [-0.05, 0) is 26.3 Å². The molecule has 1 aliphatic heterocycles. The summed E-state index contributed by atoms with van der Waals surface area (Å²) in [5.41, 5.74) is 5.73. The molecule has 2 atom stereocenters. The zero-order chi connectivity index (χ0) is 8.97. The second kappa shape index (κ2) is 4.80. The van der Waals surface area contributed by atoms with Crippen molar-refractivity contribution in [1.82, 2.24) is 4.90 Å². The van der Waals surface area contributed by atoms with Gasteiger partial charge in [-0.25, -0.2) is 0 Å². The summed E-state index contributed by atoms with van der Waals surface area (Å²) in [6, 6.07) is 0.278. The molecule has 1 rings (SSSR count). The Morgan fingerprint density at radius 1 is 1.67 bits per heavy atom. The molecule has 0 amide bonds. The minimum absolute atomic E-state index is 0.278. The van der Waals surface area contributed by atoms with E-state index in [4.69, 9.17) is 10.5 Å². The van der Waals surface area contributed by atoms with Crippen LogP contribution in [0.25, 0.3) is 0 Å². The summed E-state index contributed by atoms with van der Waals surface area (Å²) >= 11 is 0. The van der Waals surface area contributed by atoms with Gasteiger partial charge in [0.2, 0.25) is 0 Å². The van der Waals surface area contributed by atoms with Crippen molar-refractivity contribution >= 4 is 0 Å². The number of hydrogen-bond donors (Lipinski definition) is 1. The molecule has 3 heteroatoms. The summed E-state index contributed by atoms with van der Waals surface area (Å²) in [5.74, 6) is 0. The second-order valence-electron chi connectivity index (χ2n) is 3.74. The first kappa shape index (κ1) is 9.96. The normalized spacial score (nSPS) is 28.8. The van der Waals surface area contributed by atoms with Gasteiger partial charge in [-0.3, -0.25) is 4.90 Å². The molecule has 1 fully saturated rings. The van der Waals surface area contributed by atoms with Gasteiger partial charge in [-0.1, -0.05) is 0 Å². The molecular weight excluding hydrogens is 152 g/mol. The molecule has 1 heterocycles. The van der Waals surface area contributed by atoms with E-state index >= 15 is 0 Å². The lowest BCUT2D eigenvalue weighted by atomic mass is 10.1. The number of likely N-dealkylation sites (tertiary alicyclic amines) is 1. The third-order valence-electron chi connectivity index (χ3n) is 2.34. The van der Waals surface area contributed by atoms with Gasteiger partial charge < -0.3 is 10.5 Å². The molecule has 72 valence electrons. The fourth-order valence-electron chi connectivity index (χ4n) is 1.78. The summed E-state index contributed by atoms with van der Waals surface area (Å²) in [4.78, 5) is 2.39. The van der Waals surface area contributed by atoms with Crippen molar-refractivity contribution in [2.75, 3.05) is 26.7 Å². The number of nitrogens with two attached hydrogens (primary N) is 1. The van der Waals surface area contributed by atoms with Crippen molar-refractivity contribution in [2.45, 2.75) is 31.9 Å². The largest absolute Gasteiger partial charge is 0.380 e. The molecule has 1 aliphatic rings. The third-order valence-corrected chi connectivity index (χ3v) is 2.34. The number of hydrogen-bond acceptors (Lipinski definition) is 3. The van der Waals surface area contributed by atoms with E-state index in [0.29, 0.717) is 6.10 Å². The molecule has 0 bridgehead atoms. The maximum Gasteiger partial charge on any atom is 0.0698 e. The molecule has 0 unspecified atom stereocenters. The Hall–Kier alpha value is -0.120. The maximum atomic E-state index is 5.73. The van der Waals surface area contributed by atoms with Crippen molar-refractivity contribution in [2.24, 2.45) is 5.73 Å². The first-order chi connectivity index (χ1) is 5.72. The highest BCUT2D eigenvalue weighted by molar-refractivity contribution is 4.74. The van der Waals surface area contributed by atoms with Crippen LogP contribution >= 0.6 is 0 Å². The van der Waals surface area contributed by atoms with Crippen LogP contribution in [0.3, 0.4) is 0 Å². The molecule has 0 aromatic rings. The quantitative estimate of drug-likeness (QED) is 0.671. The second-order valence-corrected chi connectivity index (χ2v) is 3.74. The minimum Gasteiger partial charge on any atom is -0.380 e. The van der Waals surface area contributed by atoms with Crippen molar-refractivity contribution in [3.05, 3.63) is 0 Å². The molecule has 1 saturated heterocycles. The van der Waals surface area contributed by atoms with E-state index in [0.717, 1.165) is 13.1 Å². The number of piperidine rings is 1. The molecule has 0 aliphatic carbocycles. The van der Waals surface area contributed by atoms with Gasteiger partial charge in [-0.15, -0.1) is 0 Å². The Morgan fingerprint density at radius 3 is 3.00 bits per heavy atom. The number of rotatable bonds is 3. The van der Waals surface area contributed by atoms with E-state index in [1.165, 1.54) is 19.4 Å². The van der Waals surface area contributed by atoms with Gasteiger partial charge in [0.1, 0.15) is 0 Å². The van der Waals surface area contributed by atoms with Crippen molar-refractivity contribution in [1.29, 1.82) is 0 Å². The SMILES string of the molecule is CO[C@H]1CCCN(C[C@H](C)N)C1. The standard InChI is InChI=1S/C9H20N2O/c1-8(10)6-11-5-3-4-9(7-11)12-2/h8-9H,3-7,10H2,1-2H3/t8-,9-/m0/s1. The highest BCUT2D eigenvalue weighted by atomic mass is 16.5. The Bertz CT molecular complexity index is 128. The average molecular weight is 172 g/mol. The van der Waals surface area contributed by atoms with Crippen LogP contribution in [0.1, 0.15) is 19.8 Å². The summed E-state index contributed by atoms with van der Waals surface area (Å²) in [6.45, 7) is 5.29. The Labute approximate surface area is 74.9 Å². The number of ether oxygens (including phenoxy) is 1. The van der Waals surface area contributed by atoms with Crippen LogP contribution < -0.4 is 5.73 Å². The predicted molar refractivity (Wildman–Crippen MR) is 50.1 cm³/mol. The number of nitrogens with zero attached hydrogens (tertiary/aromatic N) is 1. The van der Waals surface area contributed by atoms with Crippen LogP contribution in [-0.2, 0) is 4.74 Å². The summed E-state index contributed by atoms with van der Waals surface area (Å²) in [5, 5.41) is 0. The van der Waals surface area contributed by atoms with E-state index in [2.05, 4.69) is 11.8 Å². The van der Waals surface area contributed by atoms with Crippen LogP contribution in [0, 0.1) is 0 Å². The lowest BCUT2D eigenvalue weighted by molar-refractivity contribution is 0.0300. The van der Waals surface area contributed by atoms with Gasteiger partial charge in [0.15, 0.2) is 0 Å². The summed E-state index contributed by atoms with van der Waals surface area (Å²) in [6.07, 6.45) is 2.87. The van der Waals surface area contributed by atoms with E-state index in [1.807, 2.05) is 0 Å². The molecular formula is C9H20N2O. The topological polar surface area (TPSA) is 38.5 Å². The van der Waals surface area contributed by atoms with Crippen LogP contribution in [0.2, 0.25) is 0 Å². The van der Waals surface area contributed by atoms with Crippen molar-refractivity contribution in [3.63, 3.8) is 0 Å². The van der Waals surface area contributed by atoms with E-state index in [1.54, 1.807) is 7.11 Å². The fraction of sp³-hybridized carbons (Fsp3) is 1.00. The van der Waals surface area contributed by atoms with Gasteiger partial charge in [0.05, 0.1) is 6.10 Å². The molecule has 0 aromatic heterocycles.